The van der Waals surface area contributed by atoms with Gasteiger partial charge in [0, 0.05) is 24.0 Å². The number of halogens is 2. The maximum atomic E-state index is 13.7. The van der Waals surface area contributed by atoms with Crippen molar-refractivity contribution in [3.8, 4) is 0 Å². The van der Waals surface area contributed by atoms with Gasteiger partial charge >= 0.3 is 0 Å². The van der Waals surface area contributed by atoms with Crippen LogP contribution in [0.2, 0.25) is 5.02 Å². The summed E-state index contributed by atoms with van der Waals surface area (Å²) >= 11 is 6.08. The highest BCUT2D eigenvalue weighted by Gasteiger charge is 2.32. The zero-order valence-electron chi connectivity index (χ0n) is 20.3. The molecule has 0 bridgehead atoms. The maximum absolute atomic E-state index is 13.7. The van der Waals surface area contributed by atoms with E-state index in [4.69, 9.17) is 11.6 Å². The summed E-state index contributed by atoms with van der Waals surface area (Å²) < 4.78 is 13.4. The van der Waals surface area contributed by atoms with Gasteiger partial charge in [-0.2, -0.15) is 0 Å². The molecule has 1 aliphatic rings. The number of hydrogen-bond acceptors (Lipinski definition) is 2. The van der Waals surface area contributed by atoms with Crippen LogP contribution in [0.15, 0.2) is 78.9 Å². The molecule has 0 aromatic heterocycles. The minimum Gasteiger partial charge on any atom is -0.352 e. The molecular formula is C30H32ClFN2O2. The Morgan fingerprint density at radius 2 is 1.50 bits per heavy atom. The van der Waals surface area contributed by atoms with Crippen LogP contribution in [0.5, 0.6) is 0 Å². The van der Waals surface area contributed by atoms with E-state index in [1.165, 1.54) is 18.6 Å². The van der Waals surface area contributed by atoms with Gasteiger partial charge < -0.3 is 10.2 Å². The van der Waals surface area contributed by atoms with Gasteiger partial charge in [-0.05, 0) is 53.8 Å². The molecule has 0 heterocycles. The number of carbonyl (C=O) groups is 2. The number of rotatable bonds is 9. The van der Waals surface area contributed by atoms with Crippen LogP contribution < -0.4 is 5.32 Å². The van der Waals surface area contributed by atoms with Crippen molar-refractivity contribution in [3.63, 3.8) is 0 Å². The Kier molecular flexibility index (Phi) is 9.12. The van der Waals surface area contributed by atoms with Gasteiger partial charge in [0.1, 0.15) is 11.9 Å². The second-order valence-corrected chi connectivity index (χ2v) is 9.94. The van der Waals surface area contributed by atoms with Crippen molar-refractivity contribution in [2.75, 3.05) is 0 Å². The van der Waals surface area contributed by atoms with Gasteiger partial charge in [-0.25, -0.2) is 4.39 Å². The van der Waals surface area contributed by atoms with E-state index in [9.17, 15) is 14.0 Å². The first-order valence-electron chi connectivity index (χ1n) is 12.6. The summed E-state index contributed by atoms with van der Waals surface area (Å²) in [5.74, 6) is -0.665. The van der Waals surface area contributed by atoms with E-state index in [0.717, 1.165) is 36.8 Å². The maximum Gasteiger partial charge on any atom is 0.243 e. The van der Waals surface area contributed by atoms with Crippen molar-refractivity contribution >= 4 is 23.4 Å². The van der Waals surface area contributed by atoms with Crippen LogP contribution in [0, 0.1) is 5.82 Å². The number of carbonyl (C=O) groups excluding carboxylic acids is 2. The third-order valence-corrected chi connectivity index (χ3v) is 7.01. The van der Waals surface area contributed by atoms with Crippen molar-refractivity contribution in [3.05, 3.63) is 106 Å². The standard InChI is InChI=1S/C30H32ClFN2O2/c31-25-15-11-24(12-16-25)21-34(29(35)20-23-13-17-26(32)18-14-23)28(19-22-7-3-1-4-8-22)30(36)33-27-9-5-2-6-10-27/h1,3-4,7-8,11-18,27-28H,2,5-6,9-10,19-21H2,(H,33,36)/t28-/m1/s1. The fourth-order valence-corrected chi connectivity index (χ4v) is 4.89. The topological polar surface area (TPSA) is 49.4 Å². The number of nitrogens with zero attached hydrogens (tertiary/aromatic N) is 1. The fraction of sp³-hybridized carbons (Fsp3) is 0.333. The van der Waals surface area contributed by atoms with E-state index in [2.05, 4.69) is 5.32 Å². The van der Waals surface area contributed by atoms with Gasteiger partial charge in [-0.1, -0.05) is 85.5 Å². The Bertz CT molecular complexity index is 1130. The molecule has 3 aromatic carbocycles. The van der Waals surface area contributed by atoms with Gasteiger partial charge in [0.2, 0.25) is 11.8 Å². The van der Waals surface area contributed by atoms with Gasteiger partial charge in [0.15, 0.2) is 0 Å². The summed E-state index contributed by atoms with van der Waals surface area (Å²) in [5, 5.41) is 3.85. The lowest BCUT2D eigenvalue weighted by Crippen LogP contribution is -2.53. The van der Waals surface area contributed by atoms with Crippen LogP contribution in [0.3, 0.4) is 0 Å². The minimum absolute atomic E-state index is 0.0792. The van der Waals surface area contributed by atoms with Crippen molar-refractivity contribution in [1.29, 1.82) is 0 Å². The normalized spacial score (nSPS) is 14.7. The smallest absolute Gasteiger partial charge is 0.243 e. The van der Waals surface area contributed by atoms with E-state index in [1.54, 1.807) is 29.2 Å². The Labute approximate surface area is 217 Å². The summed E-state index contributed by atoms with van der Waals surface area (Å²) in [6.45, 7) is 0.271. The highest BCUT2D eigenvalue weighted by Crippen LogP contribution is 2.21. The van der Waals surface area contributed by atoms with Gasteiger partial charge in [0.05, 0.1) is 6.42 Å². The molecule has 0 aliphatic heterocycles. The van der Waals surface area contributed by atoms with Crippen LogP contribution in [0.4, 0.5) is 4.39 Å². The summed E-state index contributed by atoms with van der Waals surface area (Å²) in [7, 11) is 0. The molecule has 188 valence electrons. The Morgan fingerprint density at radius 1 is 0.861 bits per heavy atom. The average molecular weight is 507 g/mol. The lowest BCUT2D eigenvalue weighted by molar-refractivity contribution is -0.141. The third-order valence-electron chi connectivity index (χ3n) is 6.76. The zero-order valence-corrected chi connectivity index (χ0v) is 21.1. The monoisotopic (exact) mass is 506 g/mol. The Morgan fingerprint density at radius 3 is 2.17 bits per heavy atom. The molecule has 0 radical (unpaired) electrons. The second-order valence-electron chi connectivity index (χ2n) is 9.50. The first-order chi connectivity index (χ1) is 17.5. The predicted molar refractivity (Wildman–Crippen MR) is 141 cm³/mol. The van der Waals surface area contributed by atoms with Crippen molar-refractivity contribution in [2.45, 2.75) is 63.6 Å². The van der Waals surface area contributed by atoms with Crippen LogP contribution in [-0.4, -0.2) is 28.8 Å². The molecule has 1 atom stereocenters. The van der Waals surface area contributed by atoms with E-state index >= 15 is 0 Å². The first kappa shape index (κ1) is 25.9. The summed E-state index contributed by atoms with van der Waals surface area (Å²) in [6, 6.07) is 22.5. The van der Waals surface area contributed by atoms with Crippen LogP contribution in [-0.2, 0) is 29.0 Å². The first-order valence-corrected chi connectivity index (χ1v) is 13.0. The molecule has 36 heavy (non-hydrogen) atoms. The summed E-state index contributed by atoms with van der Waals surface area (Å²) in [4.78, 5) is 29.1. The quantitative estimate of drug-likeness (QED) is 0.380. The average Bonchev–Trinajstić information content (AvgIpc) is 2.89. The molecule has 1 aliphatic carbocycles. The van der Waals surface area contributed by atoms with Gasteiger partial charge in [0.25, 0.3) is 0 Å². The van der Waals surface area contributed by atoms with Crippen LogP contribution in [0.25, 0.3) is 0 Å². The molecule has 4 nitrogen and oxygen atoms in total. The van der Waals surface area contributed by atoms with E-state index in [1.807, 2.05) is 42.5 Å². The van der Waals surface area contributed by atoms with Gasteiger partial charge in [-0.3, -0.25) is 9.59 Å². The Hall–Kier alpha value is -3.18. The molecular weight excluding hydrogens is 475 g/mol. The van der Waals surface area contributed by atoms with Crippen LogP contribution >= 0.6 is 11.6 Å². The number of benzene rings is 3. The SMILES string of the molecule is O=C(NC1CCCCC1)[C@@H](Cc1ccccc1)N(Cc1ccc(Cl)cc1)C(=O)Cc1ccc(F)cc1. The minimum atomic E-state index is -0.682. The lowest BCUT2D eigenvalue weighted by Gasteiger charge is -2.33. The van der Waals surface area contributed by atoms with Crippen LogP contribution in [0.1, 0.15) is 48.8 Å². The van der Waals surface area contributed by atoms with E-state index in [-0.39, 0.29) is 36.6 Å². The highest BCUT2D eigenvalue weighted by atomic mass is 35.5. The molecule has 3 aromatic rings. The third kappa shape index (κ3) is 7.41. The summed E-state index contributed by atoms with van der Waals surface area (Å²) in [6.07, 6.45) is 5.81. The summed E-state index contributed by atoms with van der Waals surface area (Å²) in [5.41, 5.74) is 2.57. The molecule has 0 spiro atoms. The number of hydrogen-bond donors (Lipinski definition) is 1. The number of amides is 2. The highest BCUT2D eigenvalue weighted by molar-refractivity contribution is 6.30. The molecule has 1 saturated carbocycles. The van der Waals surface area contributed by atoms with Crippen molar-refractivity contribution in [2.24, 2.45) is 0 Å². The molecule has 1 N–H and O–H groups in total. The van der Waals surface area contributed by atoms with E-state index in [0.29, 0.717) is 17.0 Å². The lowest BCUT2D eigenvalue weighted by atomic mass is 9.94. The fourth-order valence-electron chi connectivity index (χ4n) is 4.76. The molecule has 0 saturated heterocycles. The molecule has 2 amide bonds. The Balaban J connectivity index is 1.64. The molecule has 6 heteroatoms. The number of nitrogens with one attached hydrogen (secondary N) is 1. The largest absolute Gasteiger partial charge is 0.352 e. The predicted octanol–water partition coefficient (Wildman–Crippen LogP) is 6.11. The second kappa shape index (κ2) is 12.7. The molecule has 0 unspecified atom stereocenters. The molecule has 4 rings (SSSR count). The van der Waals surface area contributed by atoms with E-state index < -0.39 is 6.04 Å². The van der Waals surface area contributed by atoms with Crippen molar-refractivity contribution in [1.82, 2.24) is 10.2 Å². The zero-order chi connectivity index (χ0) is 25.3. The van der Waals surface area contributed by atoms with Crippen molar-refractivity contribution < 1.29 is 14.0 Å². The molecule has 1 fully saturated rings. The van der Waals surface area contributed by atoms with Gasteiger partial charge in [-0.15, -0.1) is 0 Å².